The van der Waals surface area contributed by atoms with Gasteiger partial charge in [0, 0.05) is 24.7 Å². The molecule has 0 spiro atoms. The average molecular weight is 319 g/mol. The first-order valence-corrected chi connectivity index (χ1v) is 8.69. The number of nitrogens with zero attached hydrogens (tertiary/aromatic N) is 1. The van der Waals surface area contributed by atoms with Crippen LogP contribution in [0.25, 0.3) is 0 Å². The van der Waals surface area contributed by atoms with Gasteiger partial charge in [-0.1, -0.05) is 13.8 Å². The van der Waals surface area contributed by atoms with E-state index < -0.39 is 0 Å². The van der Waals surface area contributed by atoms with Crippen molar-refractivity contribution in [2.24, 2.45) is 0 Å². The van der Waals surface area contributed by atoms with Crippen LogP contribution in [-0.2, 0) is 4.79 Å². The zero-order chi connectivity index (χ0) is 16.5. The Labute approximate surface area is 139 Å². The molecule has 5 nitrogen and oxygen atoms in total. The van der Waals surface area contributed by atoms with E-state index in [-0.39, 0.29) is 5.91 Å². The molecular weight excluding hydrogens is 290 g/mol. The van der Waals surface area contributed by atoms with Gasteiger partial charge in [-0.25, -0.2) is 0 Å². The molecular formula is C18H29N3O2. The van der Waals surface area contributed by atoms with E-state index >= 15 is 0 Å². The number of nitrogens with one attached hydrogen (secondary N) is 2. The second kappa shape index (κ2) is 9.53. The predicted molar refractivity (Wildman–Crippen MR) is 94.0 cm³/mol. The second-order valence-electron chi connectivity index (χ2n) is 5.95. The molecule has 0 saturated carbocycles. The van der Waals surface area contributed by atoms with E-state index in [0.29, 0.717) is 19.1 Å². The van der Waals surface area contributed by atoms with Crippen molar-refractivity contribution in [1.82, 2.24) is 10.2 Å². The Balaban J connectivity index is 1.72. The predicted octanol–water partition coefficient (Wildman–Crippen LogP) is 2.49. The van der Waals surface area contributed by atoms with E-state index in [9.17, 15) is 4.79 Å². The molecule has 1 heterocycles. The number of hydrogen-bond donors (Lipinski definition) is 2. The molecule has 2 N–H and O–H groups in total. The van der Waals surface area contributed by atoms with Crippen molar-refractivity contribution in [1.29, 1.82) is 0 Å². The Morgan fingerprint density at radius 1 is 1.30 bits per heavy atom. The van der Waals surface area contributed by atoms with Crippen LogP contribution < -0.4 is 15.4 Å². The Morgan fingerprint density at radius 3 is 2.65 bits per heavy atom. The largest absolute Gasteiger partial charge is 0.492 e. The van der Waals surface area contributed by atoms with Gasteiger partial charge in [0.15, 0.2) is 0 Å². The Morgan fingerprint density at radius 2 is 2.04 bits per heavy atom. The minimum atomic E-state index is 0.0691. The van der Waals surface area contributed by atoms with Crippen molar-refractivity contribution in [3.05, 3.63) is 24.3 Å². The number of rotatable bonds is 9. The van der Waals surface area contributed by atoms with Gasteiger partial charge in [-0.15, -0.1) is 0 Å². The van der Waals surface area contributed by atoms with Gasteiger partial charge in [0.25, 0.3) is 0 Å². The first-order valence-electron chi connectivity index (χ1n) is 8.69. The SMILES string of the molecule is CCN(CC)CCOc1ccc(NC(=O)CC2CCCN2)cc1. The van der Waals surface area contributed by atoms with Gasteiger partial charge in [0.1, 0.15) is 12.4 Å². The number of carbonyl (C=O) groups is 1. The normalized spacial score (nSPS) is 17.4. The average Bonchev–Trinajstić information content (AvgIpc) is 3.06. The number of likely N-dealkylation sites (N-methyl/N-ethyl adjacent to an activating group) is 1. The van der Waals surface area contributed by atoms with Crippen molar-refractivity contribution in [3.8, 4) is 5.75 Å². The summed E-state index contributed by atoms with van der Waals surface area (Å²) >= 11 is 0. The fourth-order valence-corrected chi connectivity index (χ4v) is 2.83. The molecule has 1 unspecified atom stereocenters. The third-order valence-corrected chi connectivity index (χ3v) is 4.30. The molecule has 1 aliphatic rings. The molecule has 1 aliphatic heterocycles. The van der Waals surface area contributed by atoms with Crippen LogP contribution in [0.1, 0.15) is 33.1 Å². The molecule has 1 aromatic rings. The molecule has 128 valence electrons. The molecule has 23 heavy (non-hydrogen) atoms. The summed E-state index contributed by atoms with van der Waals surface area (Å²) in [6, 6.07) is 7.94. The van der Waals surface area contributed by atoms with E-state index in [1.165, 1.54) is 0 Å². The zero-order valence-corrected chi connectivity index (χ0v) is 14.3. The molecule has 2 rings (SSSR count). The Kier molecular flexibility index (Phi) is 7.36. The van der Waals surface area contributed by atoms with E-state index in [1.807, 2.05) is 24.3 Å². The van der Waals surface area contributed by atoms with Crippen LogP contribution in [0.2, 0.25) is 0 Å². The summed E-state index contributed by atoms with van der Waals surface area (Å²) in [6.45, 7) is 9.03. The fraction of sp³-hybridized carbons (Fsp3) is 0.611. The molecule has 5 heteroatoms. The molecule has 1 aromatic carbocycles. The molecule has 0 aliphatic carbocycles. The van der Waals surface area contributed by atoms with Crippen LogP contribution in [0.4, 0.5) is 5.69 Å². The fourth-order valence-electron chi connectivity index (χ4n) is 2.83. The van der Waals surface area contributed by atoms with Crippen molar-refractivity contribution >= 4 is 11.6 Å². The zero-order valence-electron chi connectivity index (χ0n) is 14.3. The molecule has 1 saturated heterocycles. The smallest absolute Gasteiger partial charge is 0.225 e. The van der Waals surface area contributed by atoms with Gasteiger partial charge in [-0.3, -0.25) is 4.79 Å². The number of carbonyl (C=O) groups excluding carboxylic acids is 1. The summed E-state index contributed by atoms with van der Waals surface area (Å²) in [5.41, 5.74) is 0.823. The van der Waals surface area contributed by atoms with Gasteiger partial charge in [0.05, 0.1) is 0 Å². The van der Waals surface area contributed by atoms with E-state index in [2.05, 4.69) is 29.4 Å². The number of ether oxygens (including phenoxy) is 1. The van der Waals surface area contributed by atoms with Crippen LogP contribution in [0.15, 0.2) is 24.3 Å². The number of amides is 1. The Bertz CT molecular complexity index is 466. The third-order valence-electron chi connectivity index (χ3n) is 4.30. The maximum atomic E-state index is 12.0. The summed E-state index contributed by atoms with van der Waals surface area (Å²) in [5, 5.41) is 6.29. The highest BCUT2D eigenvalue weighted by atomic mass is 16.5. The maximum Gasteiger partial charge on any atom is 0.225 e. The number of hydrogen-bond acceptors (Lipinski definition) is 4. The van der Waals surface area contributed by atoms with Crippen molar-refractivity contribution in [2.75, 3.05) is 38.1 Å². The van der Waals surface area contributed by atoms with Gasteiger partial charge in [0.2, 0.25) is 5.91 Å². The van der Waals surface area contributed by atoms with Crippen molar-refractivity contribution in [3.63, 3.8) is 0 Å². The lowest BCUT2D eigenvalue weighted by atomic mass is 10.1. The summed E-state index contributed by atoms with van der Waals surface area (Å²) in [6.07, 6.45) is 2.80. The van der Waals surface area contributed by atoms with Crippen LogP contribution in [-0.4, -0.2) is 49.6 Å². The first-order chi connectivity index (χ1) is 11.2. The van der Waals surface area contributed by atoms with Crippen LogP contribution in [0.5, 0.6) is 5.75 Å². The highest BCUT2D eigenvalue weighted by molar-refractivity contribution is 5.91. The number of anilines is 1. The minimum absolute atomic E-state index is 0.0691. The first kappa shape index (κ1) is 17.8. The summed E-state index contributed by atoms with van der Waals surface area (Å²) < 4.78 is 5.74. The summed E-state index contributed by atoms with van der Waals surface area (Å²) in [7, 11) is 0. The third kappa shape index (κ3) is 6.20. The van der Waals surface area contributed by atoms with Gasteiger partial charge in [-0.2, -0.15) is 0 Å². The van der Waals surface area contributed by atoms with Crippen LogP contribution in [0.3, 0.4) is 0 Å². The Hall–Kier alpha value is -1.59. The highest BCUT2D eigenvalue weighted by Crippen LogP contribution is 2.17. The summed E-state index contributed by atoms with van der Waals surface area (Å²) in [4.78, 5) is 14.3. The lowest BCUT2D eigenvalue weighted by Gasteiger charge is -2.18. The molecule has 1 amide bonds. The monoisotopic (exact) mass is 319 g/mol. The van der Waals surface area contributed by atoms with Crippen LogP contribution in [0, 0.1) is 0 Å². The van der Waals surface area contributed by atoms with E-state index in [0.717, 1.165) is 50.5 Å². The van der Waals surface area contributed by atoms with E-state index in [1.54, 1.807) is 0 Å². The second-order valence-corrected chi connectivity index (χ2v) is 5.95. The maximum absolute atomic E-state index is 12.0. The minimum Gasteiger partial charge on any atom is -0.492 e. The van der Waals surface area contributed by atoms with Gasteiger partial charge in [-0.05, 0) is 56.7 Å². The van der Waals surface area contributed by atoms with Gasteiger partial charge >= 0.3 is 0 Å². The molecule has 1 fully saturated rings. The highest BCUT2D eigenvalue weighted by Gasteiger charge is 2.17. The van der Waals surface area contributed by atoms with E-state index in [4.69, 9.17) is 4.74 Å². The van der Waals surface area contributed by atoms with Crippen molar-refractivity contribution < 1.29 is 9.53 Å². The summed E-state index contributed by atoms with van der Waals surface area (Å²) in [5.74, 6) is 0.909. The molecule has 0 radical (unpaired) electrons. The lowest BCUT2D eigenvalue weighted by molar-refractivity contribution is -0.116. The topological polar surface area (TPSA) is 53.6 Å². The lowest BCUT2D eigenvalue weighted by Crippen LogP contribution is -2.28. The van der Waals surface area contributed by atoms with Crippen molar-refractivity contribution in [2.45, 2.75) is 39.2 Å². The molecule has 0 aromatic heterocycles. The van der Waals surface area contributed by atoms with Gasteiger partial charge < -0.3 is 20.3 Å². The molecule has 0 bridgehead atoms. The molecule has 1 atom stereocenters. The quantitative estimate of drug-likeness (QED) is 0.734. The number of benzene rings is 1. The van der Waals surface area contributed by atoms with Crippen LogP contribution >= 0.6 is 0 Å². The standard InChI is InChI=1S/C18H29N3O2/c1-3-21(4-2)12-13-23-17-9-7-15(8-10-17)20-18(22)14-16-6-5-11-19-16/h7-10,16,19H,3-6,11-14H2,1-2H3,(H,20,22).